The molecule has 1 aliphatic heterocycles. The summed E-state index contributed by atoms with van der Waals surface area (Å²) in [6.45, 7) is 0. The minimum absolute atomic E-state index is 0.0380. The van der Waals surface area contributed by atoms with Gasteiger partial charge in [-0.2, -0.15) is 0 Å². The highest BCUT2D eigenvalue weighted by atomic mass is 16.5. The van der Waals surface area contributed by atoms with Gasteiger partial charge in [0.25, 0.3) is 0 Å². The van der Waals surface area contributed by atoms with Crippen molar-refractivity contribution in [2.24, 2.45) is 4.99 Å². The third-order valence-electron chi connectivity index (χ3n) is 5.32. The maximum absolute atomic E-state index is 5.48. The summed E-state index contributed by atoms with van der Waals surface area (Å²) in [7, 11) is 1.68. The van der Waals surface area contributed by atoms with Crippen LogP contribution >= 0.6 is 0 Å². The molecular weight excluding hydrogens is 370 g/mol. The molecule has 2 heterocycles. The molecule has 0 aliphatic carbocycles. The lowest BCUT2D eigenvalue weighted by molar-refractivity contribution is 0.414. The Morgan fingerprint density at radius 3 is 2.30 bits per heavy atom. The average Bonchev–Trinajstić information content (AvgIpc) is 2.84. The van der Waals surface area contributed by atoms with Crippen LogP contribution in [0.1, 0.15) is 22.7 Å². The highest BCUT2D eigenvalue weighted by Crippen LogP contribution is 2.43. The van der Waals surface area contributed by atoms with E-state index in [1.807, 2.05) is 48.7 Å². The summed E-state index contributed by atoms with van der Waals surface area (Å²) in [4.78, 5) is 11.7. The fourth-order valence-corrected chi connectivity index (χ4v) is 3.93. The zero-order valence-corrected chi connectivity index (χ0v) is 16.6. The van der Waals surface area contributed by atoms with E-state index < -0.39 is 0 Å². The summed E-state index contributed by atoms with van der Waals surface area (Å²) in [5.41, 5.74) is 5.29. The van der Waals surface area contributed by atoms with E-state index >= 15 is 0 Å². The number of fused-ring (bicyclic) bond motifs is 1. The Bertz CT molecular complexity index is 1170. The van der Waals surface area contributed by atoms with E-state index in [2.05, 4.69) is 58.4 Å². The van der Waals surface area contributed by atoms with Gasteiger partial charge in [-0.3, -0.25) is 4.98 Å². The van der Waals surface area contributed by atoms with Crippen LogP contribution < -0.4 is 9.64 Å². The minimum atomic E-state index is -0.0380. The maximum atomic E-state index is 5.48. The number of methoxy groups -OCH3 is 1. The second kappa shape index (κ2) is 7.84. The van der Waals surface area contributed by atoms with E-state index in [1.54, 1.807) is 13.3 Å². The molecule has 1 atom stereocenters. The normalized spacial score (nSPS) is 15.3. The van der Waals surface area contributed by atoms with Gasteiger partial charge in [0.05, 0.1) is 30.7 Å². The Hall–Kier alpha value is -3.92. The largest absolute Gasteiger partial charge is 0.497 e. The van der Waals surface area contributed by atoms with Gasteiger partial charge in [-0.15, -0.1) is 0 Å². The molecule has 30 heavy (non-hydrogen) atoms. The molecule has 0 fully saturated rings. The van der Waals surface area contributed by atoms with E-state index in [4.69, 9.17) is 9.73 Å². The van der Waals surface area contributed by atoms with Crippen molar-refractivity contribution >= 4 is 17.2 Å². The van der Waals surface area contributed by atoms with Gasteiger partial charge in [-0.1, -0.05) is 66.7 Å². The predicted molar refractivity (Wildman–Crippen MR) is 121 cm³/mol. The molecule has 4 aromatic rings. The maximum Gasteiger partial charge on any atom is 0.141 e. The zero-order chi connectivity index (χ0) is 20.3. The molecule has 0 saturated carbocycles. The summed E-state index contributed by atoms with van der Waals surface area (Å²) in [5, 5.41) is 0. The van der Waals surface area contributed by atoms with Crippen LogP contribution in [0, 0.1) is 0 Å². The van der Waals surface area contributed by atoms with Crippen LogP contribution in [0.25, 0.3) is 0 Å². The fourth-order valence-electron chi connectivity index (χ4n) is 3.93. The average molecular weight is 391 g/mol. The Morgan fingerprint density at radius 1 is 0.833 bits per heavy atom. The van der Waals surface area contributed by atoms with Crippen LogP contribution in [0.15, 0.2) is 108 Å². The Morgan fingerprint density at radius 2 is 1.60 bits per heavy atom. The third kappa shape index (κ3) is 3.22. The topological polar surface area (TPSA) is 37.7 Å². The number of aliphatic imine (C=N–C) groups is 1. The molecule has 1 aromatic heterocycles. The molecule has 4 nitrogen and oxygen atoms in total. The van der Waals surface area contributed by atoms with Crippen molar-refractivity contribution < 1.29 is 4.74 Å². The van der Waals surface area contributed by atoms with Crippen molar-refractivity contribution in [2.45, 2.75) is 6.04 Å². The van der Waals surface area contributed by atoms with Gasteiger partial charge in [0, 0.05) is 23.4 Å². The highest BCUT2D eigenvalue weighted by Gasteiger charge is 2.33. The monoisotopic (exact) mass is 391 g/mol. The first-order valence-corrected chi connectivity index (χ1v) is 9.91. The van der Waals surface area contributed by atoms with Crippen LogP contribution in [-0.2, 0) is 0 Å². The number of anilines is 1. The lowest BCUT2D eigenvalue weighted by atomic mass is 9.92. The van der Waals surface area contributed by atoms with Gasteiger partial charge >= 0.3 is 0 Å². The van der Waals surface area contributed by atoms with Crippen LogP contribution in [0.4, 0.5) is 11.4 Å². The number of amidine groups is 1. The van der Waals surface area contributed by atoms with Gasteiger partial charge in [0.15, 0.2) is 0 Å². The van der Waals surface area contributed by atoms with E-state index in [0.717, 1.165) is 34.1 Å². The number of benzene rings is 3. The van der Waals surface area contributed by atoms with Crippen molar-refractivity contribution in [3.63, 3.8) is 0 Å². The first-order valence-electron chi connectivity index (χ1n) is 9.91. The summed E-state index contributed by atoms with van der Waals surface area (Å²) in [6.07, 6.45) is 3.69. The van der Waals surface area contributed by atoms with Crippen molar-refractivity contribution in [3.8, 4) is 5.75 Å². The first-order chi connectivity index (χ1) is 14.8. The number of pyridine rings is 1. The highest BCUT2D eigenvalue weighted by molar-refractivity contribution is 6.13. The molecule has 1 aliphatic rings. The smallest absolute Gasteiger partial charge is 0.141 e. The molecule has 146 valence electrons. The van der Waals surface area contributed by atoms with E-state index in [1.165, 1.54) is 5.56 Å². The molecule has 4 heteroatoms. The lowest BCUT2D eigenvalue weighted by Gasteiger charge is -2.38. The molecule has 0 amide bonds. The number of hydrogen-bond acceptors (Lipinski definition) is 4. The molecular formula is C26H21N3O. The number of rotatable bonds is 4. The number of nitrogens with zero attached hydrogens (tertiary/aromatic N) is 3. The summed E-state index contributed by atoms with van der Waals surface area (Å²) < 4.78 is 5.48. The van der Waals surface area contributed by atoms with Gasteiger partial charge in [-0.25, -0.2) is 4.99 Å². The molecule has 3 aromatic carbocycles. The van der Waals surface area contributed by atoms with Gasteiger partial charge in [0.2, 0.25) is 0 Å². The van der Waals surface area contributed by atoms with Crippen LogP contribution in [0.5, 0.6) is 5.75 Å². The van der Waals surface area contributed by atoms with E-state index in [0.29, 0.717) is 0 Å². The zero-order valence-electron chi connectivity index (χ0n) is 16.6. The Labute approximate surface area is 176 Å². The molecule has 1 unspecified atom stereocenters. The second-order valence-corrected chi connectivity index (χ2v) is 7.12. The van der Waals surface area contributed by atoms with Crippen molar-refractivity contribution in [1.29, 1.82) is 0 Å². The van der Waals surface area contributed by atoms with Gasteiger partial charge in [-0.05, 0) is 23.8 Å². The van der Waals surface area contributed by atoms with E-state index in [9.17, 15) is 0 Å². The number of ether oxygens (including phenoxy) is 1. The fraction of sp³-hybridized carbons (Fsp3) is 0.0769. The van der Waals surface area contributed by atoms with Crippen molar-refractivity contribution in [3.05, 3.63) is 120 Å². The molecule has 0 radical (unpaired) electrons. The summed E-state index contributed by atoms with van der Waals surface area (Å²) >= 11 is 0. The Kier molecular flexibility index (Phi) is 4.74. The minimum Gasteiger partial charge on any atom is -0.497 e. The SMILES string of the molecule is COc1ccc2c(c1)N=C(c1ccccc1)N(c1cccnc1)C2c1ccccc1. The molecule has 0 spiro atoms. The number of hydrogen-bond donors (Lipinski definition) is 0. The predicted octanol–water partition coefficient (Wildman–Crippen LogP) is 5.78. The van der Waals surface area contributed by atoms with Crippen LogP contribution in [0.2, 0.25) is 0 Å². The quantitative estimate of drug-likeness (QED) is 0.443. The van der Waals surface area contributed by atoms with E-state index in [-0.39, 0.29) is 6.04 Å². The molecule has 5 rings (SSSR count). The van der Waals surface area contributed by atoms with Crippen molar-refractivity contribution in [1.82, 2.24) is 4.98 Å². The Balaban J connectivity index is 1.80. The molecule has 0 N–H and O–H groups in total. The van der Waals surface area contributed by atoms with Gasteiger partial charge in [0.1, 0.15) is 11.6 Å². The lowest BCUT2D eigenvalue weighted by Crippen LogP contribution is -2.38. The van der Waals surface area contributed by atoms with Crippen LogP contribution in [-0.4, -0.2) is 17.9 Å². The standard InChI is InChI=1S/C26H21N3O/c1-30-22-14-15-23-24(17-22)28-26(20-11-6-3-7-12-20)29(21-13-8-16-27-18-21)25(23)19-9-4-2-5-10-19/h2-18,25H,1H3. The summed E-state index contributed by atoms with van der Waals surface area (Å²) in [6, 6.07) is 30.9. The number of aromatic nitrogens is 1. The third-order valence-corrected chi connectivity index (χ3v) is 5.32. The van der Waals surface area contributed by atoms with Crippen LogP contribution in [0.3, 0.4) is 0 Å². The molecule has 0 saturated heterocycles. The van der Waals surface area contributed by atoms with Crippen molar-refractivity contribution in [2.75, 3.05) is 12.0 Å². The molecule has 0 bridgehead atoms. The summed E-state index contributed by atoms with van der Waals surface area (Å²) in [5.74, 6) is 1.68. The first kappa shape index (κ1) is 18.1. The second-order valence-electron chi connectivity index (χ2n) is 7.12. The van der Waals surface area contributed by atoms with Gasteiger partial charge < -0.3 is 9.64 Å².